The van der Waals surface area contributed by atoms with E-state index in [1.807, 2.05) is 30.3 Å². The number of rotatable bonds is 9. The molecule has 2 aromatic carbocycles. The van der Waals surface area contributed by atoms with Gasteiger partial charge in [-0.2, -0.15) is 0 Å². The lowest BCUT2D eigenvalue weighted by molar-refractivity contribution is -0.123. The molecular formula is C20H24NO6P. The van der Waals surface area contributed by atoms with Crippen LogP contribution in [0, 0.1) is 0 Å². The number of hydrogen-bond donors (Lipinski definition) is 2. The summed E-state index contributed by atoms with van der Waals surface area (Å²) >= 11 is 0. The second-order valence-corrected chi connectivity index (χ2v) is 8.14. The number of hydrogen-bond acceptors (Lipinski definition) is 5. The standard InChI is InChI=1S/C20H24NO6P/c1-3-26-20(23)16-10-12-17(13-11-16)21-19(22)18(27-28(24,25)4-2)14-15-8-6-5-7-9-15/h5-13,18H,3-4,14H2,1-2H3,(H,21,22)(H,24,25)/t18-/m0/s1. The number of carbonyl (C=O) groups excluding carboxylic acids is 2. The highest BCUT2D eigenvalue weighted by Crippen LogP contribution is 2.43. The molecule has 0 aliphatic heterocycles. The van der Waals surface area contributed by atoms with E-state index in [1.54, 1.807) is 19.1 Å². The van der Waals surface area contributed by atoms with Crippen molar-refractivity contribution in [1.82, 2.24) is 0 Å². The maximum absolute atomic E-state index is 12.7. The summed E-state index contributed by atoms with van der Waals surface area (Å²) in [5.41, 5.74) is 1.60. The van der Waals surface area contributed by atoms with Gasteiger partial charge in [-0.25, -0.2) is 4.79 Å². The van der Waals surface area contributed by atoms with Gasteiger partial charge in [-0.1, -0.05) is 37.3 Å². The molecule has 0 aliphatic carbocycles. The molecule has 1 unspecified atom stereocenters. The molecule has 0 saturated heterocycles. The molecule has 2 atom stereocenters. The average molecular weight is 405 g/mol. The summed E-state index contributed by atoms with van der Waals surface area (Å²) in [6, 6.07) is 15.3. The molecule has 0 aromatic heterocycles. The summed E-state index contributed by atoms with van der Waals surface area (Å²) in [5, 5.41) is 2.66. The van der Waals surface area contributed by atoms with Gasteiger partial charge >= 0.3 is 13.6 Å². The van der Waals surface area contributed by atoms with Crippen LogP contribution in [0.1, 0.15) is 29.8 Å². The van der Waals surface area contributed by atoms with Gasteiger partial charge in [-0.15, -0.1) is 0 Å². The predicted octanol–water partition coefficient (Wildman–Crippen LogP) is 3.64. The fraction of sp³-hybridized carbons (Fsp3) is 0.300. The van der Waals surface area contributed by atoms with Gasteiger partial charge in [0.25, 0.3) is 5.91 Å². The van der Waals surface area contributed by atoms with E-state index in [2.05, 4.69) is 5.32 Å². The Morgan fingerprint density at radius 3 is 2.29 bits per heavy atom. The third-order valence-electron chi connectivity index (χ3n) is 3.91. The zero-order valence-electron chi connectivity index (χ0n) is 15.8. The number of ether oxygens (including phenoxy) is 1. The largest absolute Gasteiger partial charge is 0.462 e. The zero-order chi connectivity index (χ0) is 20.6. The summed E-state index contributed by atoms with van der Waals surface area (Å²) in [6.45, 7) is 3.51. The van der Waals surface area contributed by atoms with Crippen molar-refractivity contribution < 1.29 is 28.3 Å². The summed E-state index contributed by atoms with van der Waals surface area (Å²) in [6.07, 6.45) is -1.08. The zero-order valence-corrected chi connectivity index (χ0v) is 16.7. The molecule has 28 heavy (non-hydrogen) atoms. The van der Waals surface area contributed by atoms with Crippen molar-refractivity contribution in [3.05, 3.63) is 65.7 Å². The molecule has 0 fully saturated rings. The van der Waals surface area contributed by atoms with Gasteiger partial charge in [0.05, 0.1) is 12.2 Å². The number of benzene rings is 2. The average Bonchev–Trinajstić information content (AvgIpc) is 2.69. The lowest BCUT2D eigenvalue weighted by Gasteiger charge is -2.20. The van der Waals surface area contributed by atoms with Crippen LogP contribution in [0.2, 0.25) is 0 Å². The fourth-order valence-electron chi connectivity index (χ4n) is 2.41. The Kier molecular flexibility index (Phi) is 7.93. The van der Waals surface area contributed by atoms with Crippen LogP contribution in [0.3, 0.4) is 0 Å². The second-order valence-electron chi connectivity index (χ2n) is 6.02. The van der Waals surface area contributed by atoms with E-state index in [9.17, 15) is 19.0 Å². The van der Waals surface area contributed by atoms with Crippen molar-refractivity contribution >= 4 is 25.2 Å². The second kappa shape index (κ2) is 10.2. The van der Waals surface area contributed by atoms with Crippen molar-refractivity contribution in [2.75, 3.05) is 18.1 Å². The summed E-state index contributed by atoms with van der Waals surface area (Å²) in [7, 11) is -3.88. The molecule has 0 bridgehead atoms. The van der Waals surface area contributed by atoms with Crippen LogP contribution in [-0.2, 0) is 25.0 Å². The van der Waals surface area contributed by atoms with Crippen LogP contribution in [0.5, 0.6) is 0 Å². The molecule has 0 aliphatic rings. The Morgan fingerprint density at radius 2 is 1.71 bits per heavy atom. The smallest absolute Gasteiger partial charge is 0.338 e. The molecule has 0 spiro atoms. The van der Waals surface area contributed by atoms with Gasteiger partial charge in [-0.3, -0.25) is 13.9 Å². The first-order valence-electron chi connectivity index (χ1n) is 8.96. The van der Waals surface area contributed by atoms with Crippen LogP contribution >= 0.6 is 7.60 Å². The lowest BCUT2D eigenvalue weighted by atomic mass is 10.1. The van der Waals surface area contributed by atoms with Gasteiger partial charge in [0.1, 0.15) is 6.10 Å². The van der Waals surface area contributed by atoms with Gasteiger partial charge in [0, 0.05) is 18.3 Å². The van der Waals surface area contributed by atoms with Crippen LogP contribution in [0.4, 0.5) is 5.69 Å². The van der Waals surface area contributed by atoms with Crippen LogP contribution in [0.25, 0.3) is 0 Å². The van der Waals surface area contributed by atoms with Crippen LogP contribution in [-0.4, -0.2) is 35.6 Å². The van der Waals surface area contributed by atoms with Crippen LogP contribution < -0.4 is 5.32 Å². The minimum atomic E-state index is -3.88. The summed E-state index contributed by atoms with van der Waals surface area (Å²) in [5.74, 6) is -0.995. The first-order valence-corrected chi connectivity index (χ1v) is 10.7. The Hall–Kier alpha value is -2.47. The summed E-state index contributed by atoms with van der Waals surface area (Å²) in [4.78, 5) is 34.2. The third kappa shape index (κ3) is 6.60. The molecule has 1 amide bonds. The topological polar surface area (TPSA) is 102 Å². The van der Waals surface area contributed by atoms with E-state index < -0.39 is 25.6 Å². The van der Waals surface area contributed by atoms with Gasteiger partial charge in [0.2, 0.25) is 0 Å². The van der Waals surface area contributed by atoms with Crippen molar-refractivity contribution in [3.8, 4) is 0 Å². The highest BCUT2D eigenvalue weighted by atomic mass is 31.2. The van der Waals surface area contributed by atoms with E-state index in [4.69, 9.17) is 9.26 Å². The maximum atomic E-state index is 12.7. The number of nitrogens with one attached hydrogen (secondary N) is 1. The number of amides is 1. The Morgan fingerprint density at radius 1 is 1.07 bits per heavy atom. The Labute approximate surface area is 164 Å². The van der Waals surface area contributed by atoms with Crippen molar-refractivity contribution in [2.24, 2.45) is 0 Å². The molecule has 8 heteroatoms. The number of esters is 1. The minimum Gasteiger partial charge on any atom is -0.462 e. The first-order chi connectivity index (χ1) is 13.3. The van der Waals surface area contributed by atoms with E-state index in [0.717, 1.165) is 5.56 Å². The molecular weight excluding hydrogens is 381 g/mol. The lowest BCUT2D eigenvalue weighted by Crippen LogP contribution is -2.32. The van der Waals surface area contributed by atoms with E-state index in [-0.39, 0.29) is 19.2 Å². The van der Waals surface area contributed by atoms with E-state index in [0.29, 0.717) is 11.3 Å². The first kappa shape index (κ1) is 21.8. The van der Waals surface area contributed by atoms with E-state index >= 15 is 0 Å². The molecule has 0 heterocycles. The normalized spacial score (nSPS) is 14.0. The SMILES string of the molecule is CCOC(=O)c1ccc(NC(=O)[C@H](Cc2ccccc2)OP(=O)(O)CC)cc1. The van der Waals surface area contributed by atoms with Crippen molar-refractivity contribution in [3.63, 3.8) is 0 Å². The molecule has 150 valence electrons. The maximum Gasteiger partial charge on any atom is 0.338 e. The Bertz CT molecular complexity index is 838. The summed E-state index contributed by atoms with van der Waals surface area (Å²) < 4.78 is 22.2. The minimum absolute atomic E-state index is 0.0974. The highest BCUT2D eigenvalue weighted by molar-refractivity contribution is 7.52. The van der Waals surface area contributed by atoms with Gasteiger partial charge in [0.15, 0.2) is 0 Å². The van der Waals surface area contributed by atoms with Crippen LogP contribution in [0.15, 0.2) is 54.6 Å². The third-order valence-corrected chi connectivity index (χ3v) is 5.29. The predicted molar refractivity (Wildman–Crippen MR) is 106 cm³/mol. The number of carbonyl (C=O) groups is 2. The molecule has 0 radical (unpaired) electrons. The van der Waals surface area contributed by atoms with Gasteiger partial charge < -0.3 is 14.9 Å². The quantitative estimate of drug-likeness (QED) is 0.488. The molecule has 7 nitrogen and oxygen atoms in total. The Balaban J connectivity index is 2.12. The molecule has 2 N–H and O–H groups in total. The highest BCUT2D eigenvalue weighted by Gasteiger charge is 2.28. The molecule has 2 aromatic rings. The number of anilines is 1. The monoisotopic (exact) mass is 405 g/mol. The molecule has 0 saturated carbocycles. The van der Waals surface area contributed by atoms with Gasteiger partial charge in [-0.05, 0) is 36.8 Å². The van der Waals surface area contributed by atoms with Crippen molar-refractivity contribution in [1.29, 1.82) is 0 Å². The van der Waals surface area contributed by atoms with Crippen molar-refractivity contribution in [2.45, 2.75) is 26.4 Å². The van der Waals surface area contributed by atoms with E-state index in [1.165, 1.54) is 19.1 Å². The fourth-order valence-corrected chi connectivity index (χ4v) is 3.12. The molecule has 2 rings (SSSR count).